The Hall–Kier alpha value is -1.89. The molecule has 7 nitrogen and oxygen atoms in total. The van der Waals surface area contributed by atoms with E-state index < -0.39 is 17.4 Å². The zero-order valence-electron chi connectivity index (χ0n) is 9.97. The predicted molar refractivity (Wildman–Crippen MR) is 61.5 cm³/mol. The second-order valence-electron chi connectivity index (χ2n) is 4.65. The molecule has 0 saturated heterocycles. The summed E-state index contributed by atoms with van der Waals surface area (Å²) in [7, 11) is 0. The van der Waals surface area contributed by atoms with Crippen molar-refractivity contribution in [2.45, 2.75) is 25.4 Å². The summed E-state index contributed by atoms with van der Waals surface area (Å²) in [5, 5.41) is 18.1. The smallest absolute Gasteiger partial charge is 0.314 e. The molecule has 1 saturated carbocycles. The van der Waals surface area contributed by atoms with Crippen molar-refractivity contribution < 1.29 is 19.2 Å². The van der Waals surface area contributed by atoms with Crippen molar-refractivity contribution in [2.75, 3.05) is 11.9 Å². The number of amides is 2. The fourth-order valence-electron chi connectivity index (χ4n) is 1.64. The highest BCUT2D eigenvalue weighted by Gasteiger charge is 2.40. The lowest BCUT2D eigenvalue weighted by molar-refractivity contribution is -0.136. The molecule has 1 aliphatic carbocycles. The molecule has 0 spiro atoms. The Bertz CT molecular complexity index is 437. The summed E-state index contributed by atoms with van der Waals surface area (Å²) < 4.78 is 4.51. The Morgan fingerprint density at radius 3 is 2.83 bits per heavy atom. The third kappa shape index (κ3) is 3.07. The fourth-order valence-corrected chi connectivity index (χ4v) is 1.64. The molecule has 2 amide bonds. The van der Waals surface area contributed by atoms with E-state index in [9.17, 15) is 14.7 Å². The van der Waals surface area contributed by atoms with Crippen LogP contribution in [0.4, 0.5) is 5.82 Å². The molecule has 0 radical (unpaired) electrons. The summed E-state index contributed by atoms with van der Waals surface area (Å²) in [6.45, 7) is 1.71. The van der Waals surface area contributed by atoms with Gasteiger partial charge in [-0.25, -0.2) is 0 Å². The molecule has 18 heavy (non-hydrogen) atoms. The highest BCUT2D eigenvalue weighted by Crippen LogP contribution is 2.38. The van der Waals surface area contributed by atoms with Crippen molar-refractivity contribution in [1.82, 2.24) is 10.5 Å². The molecule has 1 fully saturated rings. The predicted octanol–water partition coefficient (Wildman–Crippen LogP) is -0.110. The van der Waals surface area contributed by atoms with Crippen molar-refractivity contribution >= 4 is 17.6 Å². The third-order valence-corrected chi connectivity index (χ3v) is 2.95. The fraction of sp³-hybridized carbons (Fsp3) is 0.545. The standard InChI is InChI=1S/C11H15N3O4/c1-11(17,7-2-3-7)6-12-9(15)10(16)13-8-4-5-18-14-8/h4-5,7,17H,2-3,6H2,1H3,(H,12,15)(H,13,14,16). The van der Waals surface area contributed by atoms with Gasteiger partial charge in [0.25, 0.3) is 0 Å². The number of aromatic nitrogens is 1. The highest BCUT2D eigenvalue weighted by molar-refractivity contribution is 6.39. The van der Waals surface area contributed by atoms with Crippen molar-refractivity contribution in [2.24, 2.45) is 5.92 Å². The Kier molecular flexibility index (Phi) is 3.33. The van der Waals surface area contributed by atoms with Gasteiger partial charge < -0.3 is 14.9 Å². The monoisotopic (exact) mass is 253 g/mol. The molecule has 1 atom stereocenters. The number of rotatable bonds is 4. The van der Waals surface area contributed by atoms with Gasteiger partial charge in [-0.05, 0) is 25.7 Å². The summed E-state index contributed by atoms with van der Waals surface area (Å²) in [5.41, 5.74) is -0.955. The van der Waals surface area contributed by atoms with E-state index in [2.05, 4.69) is 20.3 Å². The molecule has 0 aromatic carbocycles. The number of carbonyl (C=O) groups excluding carboxylic acids is 2. The zero-order chi connectivity index (χ0) is 13.2. The quantitative estimate of drug-likeness (QED) is 0.649. The topological polar surface area (TPSA) is 104 Å². The lowest BCUT2D eigenvalue weighted by Crippen LogP contribution is -2.45. The Morgan fingerprint density at radius 1 is 1.56 bits per heavy atom. The van der Waals surface area contributed by atoms with Crippen LogP contribution in [0.15, 0.2) is 16.9 Å². The van der Waals surface area contributed by atoms with E-state index in [0.29, 0.717) is 0 Å². The van der Waals surface area contributed by atoms with Crippen LogP contribution in [0.5, 0.6) is 0 Å². The third-order valence-electron chi connectivity index (χ3n) is 2.95. The first-order valence-electron chi connectivity index (χ1n) is 5.71. The van der Waals surface area contributed by atoms with Gasteiger partial charge in [0.1, 0.15) is 6.26 Å². The van der Waals surface area contributed by atoms with Crippen LogP contribution >= 0.6 is 0 Å². The van der Waals surface area contributed by atoms with Crippen LogP contribution in [0.25, 0.3) is 0 Å². The molecular weight excluding hydrogens is 238 g/mol. The van der Waals surface area contributed by atoms with Gasteiger partial charge in [-0.3, -0.25) is 14.9 Å². The molecule has 1 aliphatic rings. The Balaban J connectivity index is 1.79. The number of aliphatic hydroxyl groups is 1. The largest absolute Gasteiger partial charge is 0.388 e. The molecule has 1 unspecified atom stereocenters. The molecule has 98 valence electrons. The first-order valence-corrected chi connectivity index (χ1v) is 5.71. The molecule has 1 aromatic rings. The van der Waals surface area contributed by atoms with Gasteiger partial charge in [0, 0.05) is 12.6 Å². The van der Waals surface area contributed by atoms with E-state index in [1.54, 1.807) is 6.92 Å². The summed E-state index contributed by atoms with van der Waals surface area (Å²) >= 11 is 0. The second-order valence-corrected chi connectivity index (χ2v) is 4.65. The lowest BCUT2D eigenvalue weighted by Gasteiger charge is -2.22. The van der Waals surface area contributed by atoms with Gasteiger partial charge in [-0.15, -0.1) is 0 Å². The SMILES string of the molecule is CC(O)(CNC(=O)C(=O)Nc1ccon1)C1CC1. The zero-order valence-corrected chi connectivity index (χ0v) is 9.97. The lowest BCUT2D eigenvalue weighted by atomic mass is 10.0. The van der Waals surface area contributed by atoms with Crippen LogP contribution in [0.2, 0.25) is 0 Å². The number of nitrogens with one attached hydrogen (secondary N) is 2. The van der Waals surface area contributed by atoms with Crippen LogP contribution in [0.3, 0.4) is 0 Å². The summed E-state index contributed by atoms with van der Waals surface area (Å²) in [5.74, 6) is -1.27. The summed E-state index contributed by atoms with van der Waals surface area (Å²) in [6.07, 6.45) is 3.19. The Morgan fingerprint density at radius 2 is 2.28 bits per heavy atom. The number of carbonyl (C=O) groups is 2. The van der Waals surface area contributed by atoms with Crippen LogP contribution in [-0.2, 0) is 9.59 Å². The molecule has 1 heterocycles. The van der Waals surface area contributed by atoms with Gasteiger partial charge in [-0.1, -0.05) is 5.16 Å². The minimum Gasteiger partial charge on any atom is -0.388 e. The average molecular weight is 253 g/mol. The number of hydrogen-bond donors (Lipinski definition) is 3. The van der Waals surface area contributed by atoms with Crippen LogP contribution < -0.4 is 10.6 Å². The van der Waals surface area contributed by atoms with Crippen LogP contribution in [0, 0.1) is 5.92 Å². The van der Waals surface area contributed by atoms with E-state index in [1.165, 1.54) is 12.3 Å². The minimum absolute atomic E-state index is 0.0583. The number of hydrogen-bond acceptors (Lipinski definition) is 5. The van der Waals surface area contributed by atoms with E-state index in [-0.39, 0.29) is 18.3 Å². The molecule has 7 heteroatoms. The maximum absolute atomic E-state index is 11.5. The van der Waals surface area contributed by atoms with Gasteiger partial charge in [0.15, 0.2) is 5.82 Å². The highest BCUT2D eigenvalue weighted by atomic mass is 16.5. The van der Waals surface area contributed by atoms with Crippen LogP contribution in [-0.4, -0.2) is 34.2 Å². The molecule has 3 N–H and O–H groups in total. The molecule has 0 aliphatic heterocycles. The van der Waals surface area contributed by atoms with Crippen molar-refractivity contribution in [3.63, 3.8) is 0 Å². The molecule has 1 aromatic heterocycles. The summed E-state index contributed by atoms with van der Waals surface area (Å²) in [6, 6.07) is 1.42. The maximum Gasteiger partial charge on any atom is 0.314 e. The average Bonchev–Trinajstić information content (AvgIpc) is 3.07. The molecule has 0 bridgehead atoms. The van der Waals surface area contributed by atoms with Gasteiger partial charge >= 0.3 is 11.8 Å². The van der Waals surface area contributed by atoms with E-state index in [4.69, 9.17) is 0 Å². The summed E-state index contributed by atoms with van der Waals surface area (Å²) in [4.78, 5) is 22.9. The minimum atomic E-state index is -0.955. The Labute approximate surface area is 104 Å². The van der Waals surface area contributed by atoms with E-state index >= 15 is 0 Å². The maximum atomic E-state index is 11.5. The second kappa shape index (κ2) is 4.77. The normalized spacial score (nSPS) is 17.9. The first kappa shape index (κ1) is 12.6. The van der Waals surface area contributed by atoms with Gasteiger partial charge in [0.05, 0.1) is 5.60 Å². The first-order chi connectivity index (χ1) is 8.49. The molecule has 2 rings (SSSR count). The molecular formula is C11H15N3O4. The van der Waals surface area contributed by atoms with E-state index in [0.717, 1.165) is 12.8 Å². The van der Waals surface area contributed by atoms with E-state index in [1.807, 2.05) is 0 Å². The van der Waals surface area contributed by atoms with Gasteiger partial charge in [0.2, 0.25) is 0 Å². The van der Waals surface area contributed by atoms with Crippen molar-refractivity contribution in [3.05, 3.63) is 12.3 Å². The van der Waals surface area contributed by atoms with Gasteiger partial charge in [-0.2, -0.15) is 0 Å². The van der Waals surface area contributed by atoms with Crippen molar-refractivity contribution in [1.29, 1.82) is 0 Å². The van der Waals surface area contributed by atoms with Crippen molar-refractivity contribution in [3.8, 4) is 0 Å². The number of nitrogens with zero attached hydrogens (tertiary/aromatic N) is 1. The number of anilines is 1. The van der Waals surface area contributed by atoms with Crippen LogP contribution in [0.1, 0.15) is 19.8 Å².